The van der Waals surface area contributed by atoms with Crippen LogP contribution in [0.3, 0.4) is 0 Å². The van der Waals surface area contributed by atoms with Crippen LogP contribution in [-0.4, -0.2) is 112 Å². The summed E-state index contributed by atoms with van der Waals surface area (Å²) in [4.78, 5) is 93.2. The summed E-state index contributed by atoms with van der Waals surface area (Å²) >= 11 is 0. The fraction of sp³-hybridized carbons (Fsp3) is 0.843. The summed E-state index contributed by atoms with van der Waals surface area (Å²) in [6, 6.07) is 0. The molecule has 0 saturated carbocycles. The number of carbonyl (C=O) groups excluding carboxylic acids is 7. The summed E-state index contributed by atoms with van der Waals surface area (Å²) in [6.45, 7) is 12.6. The van der Waals surface area contributed by atoms with Crippen LogP contribution in [0.5, 0.6) is 0 Å². The summed E-state index contributed by atoms with van der Waals surface area (Å²) in [5.74, 6) is -1.96. The van der Waals surface area contributed by atoms with Crippen molar-refractivity contribution in [3.63, 3.8) is 0 Å². The second kappa shape index (κ2) is 73.4. The van der Waals surface area contributed by atoms with E-state index in [0.717, 1.165) is 231 Å². The number of esters is 7. The fourth-order valence-electron chi connectivity index (χ4n) is 11.7. The van der Waals surface area contributed by atoms with E-state index in [4.69, 9.17) is 33.2 Å². The Morgan fingerprint density at radius 1 is 0.293 bits per heavy atom. The first-order chi connectivity index (χ1) is 47.7. The third kappa shape index (κ3) is 66.8. The zero-order chi connectivity index (χ0) is 72.1. The van der Waals surface area contributed by atoms with Gasteiger partial charge in [0, 0.05) is 64.2 Å². The van der Waals surface area contributed by atoms with Crippen LogP contribution in [0.1, 0.15) is 383 Å². The molecule has 0 unspecified atom stereocenters. The molecule has 0 aromatic rings. The fourth-order valence-corrected chi connectivity index (χ4v) is 11.7. The van der Waals surface area contributed by atoms with Crippen LogP contribution in [-0.2, 0) is 66.7 Å². The van der Waals surface area contributed by atoms with E-state index in [1.807, 2.05) is 19.0 Å². The number of allylic oxidation sites excluding steroid dienone is 3. The summed E-state index contributed by atoms with van der Waals surface area (Å²) in [6.07, 6.45) is 59.6. The first kappa shape index (κ1) is 98.2. The number of ether oxygens (including phenoxy) is 7. The molecule has 99 heavy (non-hydrogen) atoms. The minimum Gasteiger partial charge on any atom is -1.00 e. The van der Waals surface area contributed by atoms with Crippen molar-refractivity contribution in [3.05, 3.63) is 36.5 Å². The molecular weight excluding hydrogens is 1270 g/mol. The predicted molar refractivity (Wildman–Crippen MR) is 402 cm³/mol. The van der Waals surface area contributed by atoms with Gasteiger partial charge in [-0.15, -0.1) is 0 Å². The van der Waals surface area contributed by atoms with Crippen molar-refractivity contribution in [3.8, 4) is 0 Å². The molecule has 0 aromatic carbocycles. The zero-order valence-corrected chi connectivity index (χ0v) is 68.5. The van der Waals surface area contributed by atoms with Gasteiger partial charge in [-0.25, -0.2) is 0 Å². The Labute approximate surface area is 650 Å². The minimum absolute atomic E-state index is 0. The average Bonchev–Trinajstić information content (AvgIpc) is 0.858. The molecule has 0 saturated heterocycles. The van der Waals surface area contributed by atoms with Gasteiger partial charge in [0.25, 0.3) is 0 Å². The molecule has 3 atom stereocenters. The Hall–Kier alpha value is -2.89. The van der Waals surface area contributed by atoms with Crippen molar-refractivity contribution in [2.75, 3.05) is 47.1 Å². The average molecular weight is 1430 g/mol. The van der Waals surface area contributed by atoms with Crippen molar-refractivity contribution in [1.29, 1.82) is 0 Å². The topological polar surface area (TPSA) is 187 Å². The molecule has 0 N–H and O–H groups in total. The summed E-state index contributed by atoms with van der Waals surface area (Å²) in [5, 5.41) is 0. The third-order valence-corrected chi connectivity index (χ3v) is 18.1. The van der Waals surface area contributed by atoms with Crippen molar-refractivity contribution in [2.45, 2.75) is 400 Å². The van der Waals surface area contributed by atoms with Crippen LogP contribution in [0.15, 0.2) is 36.5 Å². The van der Waals surface area contributed by atoms with E-state index < -0.39 is 29.3 Å². The standard InChI is InChI=1S/C83H149NO14.K.H/c1-9-15-21-45-55-73(96-80(89)64-42-18-12-4)58-48-36-30-24-27-33-39-51-61-76(85)92-69-83(72-95-79(88)67-54-68-84(7)8,70-93-77(86)62-52-40-34-28-25-31-37-49-59-74(56-46-22-16-10-2)97-81(90)65-43-19-13-5)71-94-78(87)63-53-41-35-29-26-32-38-50-60-75(57-47-23-17-11-3)98-82(91)66-44-20-14-6;;/h36-38,48-50,73-75H,9-35,39-47,51-72H2,1-8H3;;/q;+1;-1/b48-36-,49-37-,50-38-;;/t73-,74-,75-;;/m1../s1. The minimum atomic E-state index is -1.32. The molecule has 0 bridgehead atoms. The van der Waals surface area contributed by atoms with Gasteiger partial charge in [-0.05, 0) is 143 Å². The van der Waals surface area contributed by atoms with E-state index in [1.165, 1.54) is 38.5 Å². The number of hydrogen-bond donors (Lipinski definition) is 0. The van der Waals surface area contributed by atoms with Crippen LogP contribution in [0, 0.1) is 5.41 Å². The van der Waals surface area contributed by atoms with E-state index >= 15 is 0 Å². The van der Waals surface area contributed by atoms with Crippen LogP contribution in [0.4, 0.5) is 0 Å². The Bertz CT molecular complexity index is 1840. The van der Waals surface area contributed by atoms with Gasteiger partial charge < -0.3 is 39.5 Å². The van der Waals surface area contributed by atoms with Crippen molar-refractivity contribution >= 4 is 41.8 Å². The van der Waals surface area contributed by atoms with Crippen LogP contribution >= 0.6 is 0 Å². The van der Waals surface area contributed by atoms with Crippen LogP contribution in [0.2, 0.25) is 0 Å². The molecule has 0 rings (SSSR count). The van der Waals surface area contributed by atoms with E-state index in [9.17, 15) is 33.6 Å². The molecule has 0 aliphatic rings. The van der Waals surface area contributed by atoms with E-state index in [1.54, 1.807) is 0 Å². The molecule has 0 heterocycles. The maximum absolute atomic E-state index is 13.5. The monoisotopic (exact) mass is 1420 g/mol. The first-order valence-corrected chi connectivity index (χ1v) is 40.5. The molecule has 0 radical (unpaired) electrons. The molecule has 0 aromatic heterocycles. The number of nitrogens with zero attached hydrogens (tertiary/aromatic N) is 1. The third-order valence-electron chi connectivity index (χ3n) is 18.1. The summed E-state index contributed by atoms with van der Waals surface area (Å²) in [5.41, 5.74) is -1.32. The molecule has 15 nitrogen and oxygen atoms in total. The van der Waals surface area contributed by atoms with Gasteiger partial charge in [0.2, 0.25) is 0 Å². The van der Waals surface area contributed by atoms with Gasteiger partial charge in [0.1, 0.15) is 50.2 Å². The number of hydrogen-bond acceptors (Lipinski definition) is 15. The molecule has 0 amide bonds. The van der Waals surface area contributed by atoms with Gasteiger partial charge in [-0.3, -0.25) is 33.6 Å². The molecular formula is C83H150KNO14. The van der Waals surface area contributed by atoms with Gasteiger partial charge in [0.05, 0.1) is 0 Å². The van der Waals surface area contributed by atoms with E-state index in [0.29, 0.717) is 51.5 Å². The van der Waals surface area contributed by atoms with Gasteiger partial charge in [-0.1, -0.05) is 232 Å². The number of unbranched alkanes of at least 4 members (excludes halogenated alkanes) is 30. The van der Waals surface area contributed by atoms with Crippen LogP contribution < -0.4 is 51.4 Å². The SMILES string of the molecule is CCCCCC[C@H](C/C=C\CCCCCCCC(=O)OCC(COC(=O)CCCCCCC/C=C\C[C@@H](CCCCCC)OC(=O)CCCCC)(COC(=O)CCCCCCC/C=C\C[C@@H](CCCCCC)OC(=O)CCCCC)COC(=O)CCCN(C)C)OC(=O)CCCCC.[H-].[K+]. The Morgan fingerprint density at radius 3 is 0.788 bits per heavy atom. The summed E-state index contributed by atoms with van der Waals surface area (Å²) < 4.78 is 41.4. The first-order valence-electron chi connectivity index (χ1n) is 40.5. The molecule has 16 heteroatoms. The quantitative estimate of drug-likeness (QED) is 0.0184. The normalized spacial score (nSPS) is 12.6. The Kier molecular flexibility index (Phi) is 72.8. The molecule has 0 aliphatic heterocycles. The largest absolute Gasteiger partial charge is 1.00 e. The number of carbonyl (C=O) groups is 7. The predicted octanol–water partition coefficient (Wildman–Crippen LogP) is 19.0. The van der Waals surface area contributed by atoms with Gasteiger partial charge in [-0.2, -0.15) is 0 Å². The second-order valence-electron chi connectivity index (χ2n) is 28.3. The second-order valence-corrected chi connectivity index (χ2v) is 28.3. The maximum Gasteiger partial charge on any atom is 1.00 e. The number of rotatable bonds is 72. The van der Waals surface area contributed by atoms with E-state index in [2.05, 4.69) is 78.0 Å². The van der Waals surface area contributed by atoms with Crippen molar-refractivity contribution in [2.24, 2.45) is 5.41 Å². The van der Waals surface area contributed by atoms with Crippen molar-refractivity contribution < 1.29 is 120 Å². The smallest absolute Gasteiger partial charge is 1.00 e. The Morgan fingerprint density at radius 2 is 0.515 bits per heavy atom. The van der Waals surface area contributed by atoms with Crippen LogP contribution in [0.25, 0.3) is 0 Å². The summed E-state index contributed by atoms with van der Waals surface area (Å²) in [7, 11) is 3.87. The molecule has 0 aliphatic carbocycles. The van der Waals surface area contributed by atoms with Gasteiger partial charge >= 0.3 is 93.2 Å². The molecule has 0 spiro atoms. The molecule has 572 valence electrons. The Balaban J connectivity index is -0.0000470. The van der Waals surface area contributed by atoms with Gasteiger partial charge in [0.15, 0.2) is 0 Å². The maximum atomic E-state index is 13.5. The zero-order valence-electron chi connectivity index (χ0n) is 66.4. The van der Waals surface area contributed by atoms with Crippen molar-refractivity contribution in [1.82, 2.24) is 4.90 Å². The van der Waals surface area contributed by atoms with E-state index in [-0.39, 0.29) is 141 Å². The molecule has 0 fully saturated rings.